The molecule has 64 valence electrons. The van der Waals surface area contributed by atoms with Gasteiger partial charge in [-0.25, -0.2) is 10.2 Å². The predicted molar refractivity (Wildman–Crippen MR) is 45.8 cm³/mol. The fourth-order valence-electron chi connectivity index (χ4n) is 0.768. The number of hydrogen-bond acceptors (Lipinski definition) is 2. The Morgan fingerprint density at radius 3 is 2.67 bits per heavy atom. The molecule has 3 N–H and O–H groups in total. The van der Waals surface area contributed by atoms with E-state index in [0.29, 0.717) is 4.47 Å². The molecule has 0 atom stereocenters. The van der Waals surface area contributed by atoms with Gasteiger partial charge in [0.2, 0.25) is 0 Å². The largest absolute Gasteiger partial charge is 0.290 e. The SMILES string of the molecule is NNC(=O)c1cc(F)cc(Br)c1. The quantitative estimate of drug-likeness (QED) is 0.435. The number of carbonyl (C=O) groups is 1. The third-order valence-electron chi connectivity index (χ3n) is 1.26. The van der Waals surface area contributed by atoms with Crippen molar-refractivity contribution in [3.63, 3.8) is 0 Å². The number of amides is 1. The zero-order valence-electron chi connectivity index (χ0n) is 5.97. The topological polar surface area (TPSA) is 55.1 Å². The highest BCUT2D eigenvalue weighted by atomic mass is 79.9. The lowest BCUT2D eigenvalue weighted by Gasteiger charge is -1.99. The third kappa shape index (κ3) is 2.02. The fourth-order valence-corrected chi connectivity index (χ4v) is 1.23. The zero-order chi connectivity index (χ0) is 9.14. The molecule has 0 aliphatic heterocycles. The molecule has 0 aliphatic rings. The summed E-state index contributed by atoms with van der Waals surface area (Å²) in [7, 11) is 0. The van der Waals surface area contributed by atoms with Crippen LogP contribution < -0.4 is 11.3 Å². The molecule has 1 amide bonds. The summed E-state index contributed by atoms with van der Waals surface area (Å²) < 4.78 is 13.2. The summed E-state index contributed by atoms with van der Waals surface area (Å²) in [5, 5.41) is 0. The van der Waals surface area contributed by atoms with Crippen LogP contribution in [0.1, 0.15) is 10.4 Å². The van der Waals surface area contributed by atoms with Gasteiger partial charge in [0.1, 0.15) is 5.82 Å². The number of benzene rings is 1. The van der Waals surface area contributed by atoms with Gasteiger partial charge in [0, 0.05) is 10.0 Å². The van der Waals surface area contributed by atoms with Gasteiger partial charge in [-0.05, 0) is 18.2 Å². The van der Waals surface area contributed by atoms with Crippen LogP contribution in [0, 0.1) is 5.82 Å². The minimum absolute atomic E-state index is 0.185. The van der Waals surface area contributed by atoms with Gasteiger partial charge in [-0.15, -0.1) is 0 Å². The number of halogens is 2. The molecule has 0 aromatic heterocycles. The number of carbonyl (C=O) groups excluding carboxylic acids is 1. The first-order chi connectivity index (χ1) is 5.63. The van der Waals surface area contributed by atoms with Gasteiger partial charge in [-0.3, -0.25) is 10.2 Å². The van der Waals surface area contributed by atoms with Crippen molar-refractivity contribution in [3.8, 4) is 0 Å². The maximum absolute atomic E-state index is 12.7. The molecule has 0 spiro atoms. The van der Waals surface area contributed by atoms with Crippen LogP contribution >= 0.6 is 15.9 Å². The van der Waals surface area contributed by atoms with Gasteiger partial charge in [0.15, 0.2) is 0 Å². The second kappa shape index (κ2) is 3.64. The maximum atomic E-state index is 12.7. The van der Waals surface area contributed by atoms with E-state index in [0.717, 1.165) is 6.07 Å². The second-order valence-electron chi connectivity index (χ2n) is 2.13. The minimum Gasteiger partial charge on any atom is -0.290 e. The second-order valence-corrected chi connectivity index (χ2v) is 3.05. The average molecular weight is 233 g/mol. The van der Waals surface area contributed by atoms with Gasteiger partial charge in [0.25, 0.3) is 5.91 Å². The Labute approximate surface area is 76.9 Å². The van der Waals surface area contributed by atoms with Gasteiger partial charge >= 0.3 is 0 Å². The van der Waals surface area contributed by atoms with E-state index in [1.807, 2.05) is 5.43 Å². The molecule has 0 unspecified atom stereocenters. The molecule has 0 saturated heterocycles. The summed E-state index contributed by atoms with van der Waals surface area (Å²) in [6.07, 6.45) is 0. The lowest BCUT2D eigenvalue weighted by molar-refractivity contribution is 0.0953. The highest BCUT2D eigenvalue weighted by Crippen LogP contribution is 2.14. The minimum atomic E-state index is -0.518. The smallest absolute Gasteiger partial charge is 0.265 e. The van der Waals surface area contributed by atoms with E-state index in [1.54, 1.807) is 0 Å². The number of nitrogens with two attached hydrogens (primary N) is 1. The first kappa shape index (κ1) is 9.15. The summed E-state index contributed by atoms with van der Waals surface area (Å²) in [4.78, 5) is 10.9. The molecule has 0 aliphatic carbocycles. The van der Waals surface area contributed by atoms with Crippen molar-refractivity contribution in [2.45, 2.75) is 0 Å². The van der Waals surface area contributed by atoms with Crippen molar-refractivity contribution in [1.29, 1.82) is 0 Å². The first-order valence-corrected chi connectivity index (χ1v) is 3.90. The van der Waals surface area contributed by atoms with Crippen LogP contribution in [0.4, 0.5) is 4.39 Å². The van der Waals surface area contributed by atoms with Crippen LogP contribution in [0.25, 0.3) is 0 Å². The van der Waals surface area contributed by atoms with Gasteiger partial charge in [-0.1, -0.05) is 15.9 Å². The number of hydrogen-bond donors (Lipinski definition) is 2. The molecule has 0 radical (unpaired) electrons. The van der Waals surface area contributed by atoms with E-state index in [4.69, 9.17) is 5.84 Å². The van der Waals surface area contributed by atoms with Crippen LogP contribution in [0.5, 0.6) is 0 Å². The number of rotatable bonds is 1. The molecule has 1 rings (SSSR count). The lowest BCUT2D eigenvalue weighted by atomic mass is 10.2. The summed E-state index contributed by atoms with van der Waals surface area (Å²) in [6.45, 7) is 0. The summed E-state index contributed by atoms with van der Waals surface area (Å²) >= 11 is 3.05. The van der Waals surface area contributed by atoms with E-state index < -0.39 is 11.7 Å². The fraction of sp³-hybridized carbons (Fsp3) is 0. The molecule has 0 fully saturated rings. The zero-order valence-corrected chi connectivity index (χ0v) is 7.56. The van der Waals surface area contributed by atoms with Crippen LogP contribution in [-0.4, -0.2) is 5.91 Å². The highest BCUT2D eigenvalue weighted by Gasteiger charge is 2.05. The Hall–Kier alpha value is -0.940. The highest BCUT2D eigenvalue weighted by molar-refractivity contribution is 9.10. The van der Waals surface area contributed by atoms with E-state index in [-0.39, 0.29) is 5.56 Å². The van der Waals surface area contributed by atoms with E-state index >= 15 is 0 Å². The Bertz CT molecular complexity index is 296. The molecule has 3 nitrogen and oxygen atoms in total. The number of hydrazine groups is 1. The van der Waals surface area contributed by atoms with Gasteiger partial charge < -0.3 is 0 Å². The lowest BCUT2D eigenvalue weighted by Crippen LogP contribution is -2.30. The molecule has 0 heterocycles. The molecular weight excluding hydrogens is 227 g/mol. The molecule has 5 heteroatoms. The Kier molecular flexibility index (Phi) is 2.78. The summed E-state index contributed by atoms with van der Waals surface area (Å²) in [5.41, 5.74) is 2.09. The van der Waals surface area contributed by atoms with Crippen molar-refractivity contribution < 1.29 is 9.18 Å². The van der Waals surface area contributed by atoms with Crippen molar-refractivity contribution in [1.82, 2.24) is 5.43 Å². The first-order valence-electron chi connectivity index (χ1n) is 3.10. The molecule has 1 aromatic rings. The van der Waals surface area contributed by atoms with E-state index in [9.17, 15) is 9.18 Å². The van der Waals surface area contributed by atoms with Crippen LogP contribution in [0.2, 0.25) is 0 Å². The maximum Gasteiger partial charge on any atom is 0.265 e. The Balaban J connectivity index is 3.08. The molecule has 1 aromatic carbocycles. The number of nitrogen functional groups attached to an aromatic ring is 1. The monoisotopic (exact) mass is 232 g/mol. The van der Waals surface area contributed by atoms with Crippen molar-refractivity contribution in [3.05, 3.63) is 34.1 Å². The van der Waals surface area contributed by atoms with Crippen LogP contribution in [-0.2, 0) is 0 Å². The van der Waals surface area contributed by atoms with E-state index in [2.05, 4.69) is 15.9 Å². The predicted octanol–water partition coefficient (Wildman–Crippen LogP) is 1.19. The normalized spacial score (nSPS) is 9.58. The van der Waals surface area contributed by atoms with Crippen LogP contribution in [0.3, 0.4) is 0 Å². The Morgan fingerprint density at radius 2 is 2.17 bits per heavy atom. The van der Waals surface area contributed by atoms with Crippen molar-refractivity contribution >= 4 is 21.8 Å². The standard InChI is InChI=1S/C7H6BrFN2O/c8-5-1-4(7(12)11-10)2-6(9)3-5/h1-3H,10H2,(H,11,12). The van der Waals surface area contributed by atoms with Gasteiger partial charge in [0.05, 0.1) is 0 Å². The molecule has 12 heavy (non-hydrogen) atoms. The third-order valence-corrected chi connectivity index (χ3v) is 1.71. The summed E-state index contributed by atoms with van der Waals surface area (Å²) in [5.74, 6) is 3.87. The average Bonchev–Trinajstić information content (AvgIpc) is 2.01. The van der Waals surface area contributed by atoms with E-state index in [1.165, 1.54) is 12.1 Å². The van der Waals surface area contributed by atoms with Crippen molar-refractivity contribution in [2.75, 3.05) is 0 Å². The molecule has 0 saturated carbocycles. The number of nitrogens with one attached hydrogen (secondary N) is 1. The summed E-state index contributed by atoms with van der Waals surface area (Å²) in [6, 6.07) is 3.84. The van der Waals surface area contributed by atoms with Gasteiger partial charge in [-0.2, -0.15) is 0 Å². The Morgan fingerprint density at radius 1 is 1.50 bits per heavy atom. The van der Waals surface area contributed by atoms with Crippen molar-refractivity contribution in [2.24, 2.45) is 5.84 Å². The molecule has 0 bridgehead atoms. The molecular formula is C7H6BrFN2O. The van der Waals surface area contributed by atoms with Crippen LogP contribution in [0.15, 0.2) is 22.7 Å².